The number of hydrogen-bond donors (Lipinski definition) is 2. The predicted molar refractivity (Wildman–Crippen MR) is 70.3 cm³/mol. The first kappa shape index (κ1) is 12.0. The van der Waals surface area contributed by atoms with Crippen LogP contribution in [-0.4, -0.2) is 15.1 Å². The quantitative estimate of drug-likeness (QED) is 0.767. The second kappa shape index (κ2) is 5.21. The number of hydrogen-bond acceptors (Lipinski definition) is 2. The summed E-state index contributed by atoms with van der Waals surface area (Å²) in [5.74, 6) is 1.77. The van der Waals surface area contributed by atoms with Crippen molar-refractivity contribution in [3.63, 3.8) is 0 Å². The lowest BCUT2D eigenvalue weighted by Crippen LogP contribution is -1.95. The minimum Gasteiger partial charge on any atom is -0.508 e. The van der Waals surface area contributed by atoms with Gasteiger partial charge in [-0.25, -0.2) is 4.98 Å². The minimum atomic E-state index is 0.284. The zero-order valence-electron chi connectivity index (χ0n) is 10.5. The van der Waals surface area contributed by atoms with Crippen molar-refractivity contribution in [2.45, 2.75) is 45.4 Å². The molecule has 1 atom stereocenters. The van der Waals surface area contributed by atoms with Gasteiger partial charge in [-0.15, -0.1) is 0 Å². The Morgan fingerprint density at radius 1 is 1.35 bits per heavy atom. The molecule has 0 aliphatic heterocycles. The van der Waals surface area contributed by atoms with Crippen LogP contribution < -0.4 is 0 Å². The van der Waals surface area contributed by atoms with E-state index in [1.165, 1.54) is 25.7 Å². The van der Waals surface area contributed by atoms with Crippen LogP contribution in [0.4, 0.5) is 0 Å². The zero-order valence-corrected chi connectivity index (χ0v) is 10.5. The Morgan fingerprint density at radius 3 is 2.94 bits per heavy atom. The maximum Gasteiger partial charge on any atom is 0.117 e. The fourth-order valence-electron chi connectivity index (χ4n) is 2.09. The second-order valence-corrected chi connectivity index (χ2v) is 4.72. The SMILES string of the molecule is CCCCCC(C)c1nc2ccc(O)cc2[nH]1. The summed E-state index contributed by atoms with van der Waals surface area (Å²) in [5, 5.41) is 9.40. The van der Waals surface area contributed by atoms with Crippen LogP contribution in [-0.2, 0) is 0 Å². The van der Waals surface area contributed by atoms with Crippen LogP contribution in [0.1, 0.15) is 51.3 Å². The Balaban J connectivity index is 2.12. The van der Waals surface area contributed by atoms with E-state index in [4.69, 9.17) is 0 Å². The Labute approximate surface area is 102 Å². The van der Waals surface area contributed by atoms with Crippen molar-refractivity contribution in [2.75, 3.05) is 0 Å². The highest BCUT2D eigenvalue weighted by molar-refractivity contribution is 5.76. The number of phenolic OH excluding ortho intramolecular Hbond substituents is 1. The van der Waals surface area contributed by atoms with Gasteiger partial charge in [0.05, 0.1) is 11.0 Å². The third-order valence-electron chi connectivity index (χ3n) is 3.19. The smallest absolute Gasteiger partial charge is 0.117 e. The third-order valence-corrected chi connectivity index (χ3v) is 3.19. The number of rotatable bonds is 5. The summed E-state index contributed by atoms with van der Waals surface area (Å²) in [5.41, 5.74) is 1.85. The summed E-state index contributed by atoms with van der Waals surface area (Å²) < 4.78 is 0. The molecule has 0 bridgehead atoms. The molecule has 2 N–H and O–H groups in total. The van der Waals surface area contributed by atoms with Crippen LogP contribution in [0, 0.1) is 0 Å². The Kier molecular flexibility index (Phi) is 3.67. The van der Waals surface area contributed by atoms with Crippen LogP contribution >= 0.6 is 0 Å². The lowest BCUT2D eigenvalue weighted by molar-refractivity contribution is 0.476. The van der Waals surface area contributed by atoms with Crippen molar-refractivity contribution in [3.05, 3.63) is 24.0 Å². The van der Waals surface area contributed by atoms with Crippen LogP contribution in [0.5, 0.6) is 5.75 Å². The van der Waals surface area contributed by atoms with Crippen molar-refractivity contribution in [1.82, 2.24) is 9.97 Å². The minimum absolute atomic E-state index is 0.284. The zero-order chi connectivity index (χ0) is 12.3. The highest BCUT2D eigenvalue weighted by Gasteiger charge is 2.10. The fourth-order valence-corrected chi connectivity index (χ4v) is 2.09. The summed E-state index contributed by atoms with van der Waals surface area (Å²) in [6.45, 7) is 4.42. The average molecular weight is 232 g/mol. The summed E-state index contributed by atoms with van der Waals surface area (Å²) in [6, 6.07) is 5.25. The number of phenols is 1. The first-order valence-corrected chi connectivity index (χ1v) is 6.39. The number of aromatic nitrogens is 2. The van der Waals surface area contributed by atoms with Crippen LogP contribution in [0.3, 0.4) is 0 Å². The number of aromatic hydroxyl groups is 1. The van der Waals surface area contributed by atoms with Crippen molar-refractivity contribution >= 4 is 11.0 Å². The molecule has 3 nitrogen and oxygen atoms in total. The lowest BCUT2D eigenvalue weighted by atomic mass is 10.0. The van der Waals surface area contributed by atoms with Gasteiger partial charge >= 0.3 is 0 Å². The highest BCUT2D eigenvalue weighted by atomic mass is 16.3. The maximum absolute atomic E-state index is 9.40. The summed E-state index contributed by atoms with van der Waals surface area (Å²) in [6.07, 6.45) is 4.95. The van der Waals surface area contributed by atoms with Gasteiger partial charge in [-0.1, -0.05) is 33.1 Å². The monoisotopic (exact) mass is 232 g/mol. The van der Waals surface area contributed by atoms with Gasteiger partial charge in [0.25, 0.3) is 0 Å². The molecule has 0 saturated carbocycles. The molecule has 92 valence electrons. The number of aromatic amines is 1. The molecular weight excluding hydrogens is 212 g/mol. The molecule has 1 unspecified atom stereocenters. The molecule has 17 heavy (non-hydrogen) atoms. The molecule has 3 heteroatoms. The standard InChI is InChI=1S/C14H20N2O/c1-3-4-5-6-10(2)14-15-12-8-7-11(17)9-13(12)16-14/h7-10,17H,3-6H2,1-2H3,(H,15,16). The van der Waals surface area contributed by atoms with Crippen molar-refractivity contribution < 1.29 is 5.11 Å². The fraction of sp³-hybridized carbons (Fsp3) is 0.500. The van der Waals surface area contributed by atoms with E-state index in [0.717, 1.165) is 16.9 Å². The average Bonchev–Trinajstić information content (AvgIpc) is 2.72. The molecule has 0 aliphatic rings. The highest BCUT2D eigenvalue weighted by Crippen LogP contribution is 2.24. The Morgan fingerprint density at radius 2 is 2.18 bits per heavy atom. The number of H-pyrrole nitrogens is 1. The van der Waals surface area contributed by atoms with E-state index in [-0.39, 0.29) is 5.75 Å². The number of fused-ring (bicyclic) bond motifs is 1. The second-order valence-electron chi connectivity index (χ2n) is 4.72. The molecule has 0 saturated heterocycles. The summed E-state index contributed by atoms with van der Waals surface area (Å²) >= 11 is 0. The molecule has 0 spiro atoms. The summed E-state index contributed by atoms with van der Waals surface area (Å²) in [4.78, 5) is 7.86. The number of imidazole rings is 1. The number of unbranched alkanes of at least 4 members (excludes halogenated alkanes) is 2. The molecule has 1 heterocycles. The van der Waals surface area contributed by atoms with Gasteiger partial charge < -0.3 is 10.1 Å². The first-order valence-electron chi connectivity index (χ1n) is 6.39. The van der Waals surface area contributed by atoms with Gasteiger partial charge in [0.15, 0.2) is 0 Å². The third kappa shape index (κ3) is 2.78. The van der Waals surface area contributed by atoms with Gasteiger partial charge in [-0.2, -0.15) is 0 Å². The maximum atomic E-state index is 9.40. The van der Waals surface area contributed by atoms with Crippen molar-refractivity contribution in [2.24, 2.45) is 0 Å². The van der Waals surface area contributed by atoms with Gasteiger partial charge in [0.1, 0.15) is 11.6 Å². The van der Waals surface area contributed by atoms with Gasteiger partial charge in [0.2, 0.25) is 0 Å². The van der Waals surface area contributed by atoms with Gasteiger partial charge in [0, 0.05) is 12.0 Å². The first-order chi connectivity index (χ1) is 8.20. The van der Waals surface area contributed by atoms with E-state index in [9.17, 15) is 5.11 Å². The molecule has 0 radical (unpaired) electrons. The normalized spacial score (nSPS) is 13.1. The van der Waals surface area contributed by atoms with Crippen LogP contribution in [0.2, 0.25) is 0 Å². The molecule has 2 rings (SSSR count). The number of nitrogens with zero attached hydrogens (tertiary/aromatic N) is 1. The number of nitrogens with one attached hydrogen (secondary N) is 1. The van der Waals surface area contributed by atoms with E-state index < -0.39 is 0 Å². The van der Waals surface area contributed by atoms with Gasteiger partial charge in [-0.05, 0) is 18.6 Å². The summed E-state index contributed by atoms with van der Waals surface area (Å²) in [7, 11) is 0. The molecule has 0 fully saturated rings. The molecule has 2 aromatic rings. The molecule has 1 aromatic heterocycles. The van der Waals surface area contributed by atoms with E-state index in [1.807, 2.05) is 6.07 Å². The van der Waals surface area contributed by atoms with Crippen molar-refractivity contribution in [3.8, 4) is 5.75 Å². The van der Waals surface area contributed by atoms with E-state index in [1.54, 1.807) is 12.1 Å². The molecular formula is C14H20N2O. The van der Waals surface area contributed by atoms with Crippen LogP contribution in [0.15, 0.2) is 18.2 Å². The van der Waals surface area contributed by atoms with Crippen molar-refractivity contribution in [1.29, 1.82) is 0 Å². The van der Waals surface area contributed by atoms with E-state index >= 15 is 0 Å². The Hall–Kier alpha value is -1.51. The topological polar surface area (TPSA) is 48.9 Å². The molecule has 0 amide bonds. The number of benzene rings is 1. The van der Waals surface area contributed by atoms with E-state index in [2.05, 4.69) is 23.8 Å². The van der Waals surface area contributed by atoms with E-state index in [0.29, 0.717) is 5.92 Å². The molecule has 1 aromatic carbocycles. The lowest BCUT2D eigenvalue weighted by Gasteiger charge is -2.06. The van der Waals surface area contributed by atoms with Crippen LogP contribution in [0.25, 0.3) is 11.0 Å². The predicted octanol–water partition coefficient (Wildman–Crippen LogP) is 3.95. The van der Waals surface area contributed by atoms with Gasteiger partial charge in [-0.3, -0.25) is 0 Å². The Bertz CT molecular complexity index is 490. The largest absolute Gasteiger partial charge is 0.508 e. The molecule has 0 aliphatic carbocycles.